The van der Waals surface area contributed by atoms with E-state index in [1.807, 2.05) is 36.4 Å². The highest BCUT2D eigenvalue weighted by atomic mass is 32.2. The maximum Gasteiger partial charge on any atom is 0.264 e. The highest BCUT2D eigenvalue weighted by Gasteiger charge is 2.27. The van der Waals surface area contributed by atoms with E-state index >= 15 is 0 Å². The van der Waals surface area contributed by atoms with E-state index in [9.17, 15) is 9.59 Å². The number of ether oxygens (including phenoxy) is 1. The molecule has 0 aromatic heterocycles. The lowest BCUT2D eigenvalue weighted by Crippen LogP contribution is -2.31. The summed E-state index contributed by atoms with van der Waals surface area (Å²) in [6.07, 6.45) is 3.82. The van der Waals surface area contributed by atoms with Crippen LogP contribution in [0.5, 0.6) is 5.75 Å². The summed E-state index contributed by atoms with van der Waals surface area (Å²) in [5.74, 6) is 0.500. The Kier molecular flexibility index (Phi) is 6.41. The van der Waals surface area contributed by atoms with Crippen LogP contribution in [-0.2, 0) is 4.79 Å². The van der Waals surface area contributed by atoms with Crippen LogP contribution >= 0.6 is 11.8 Å². The van der Waals surface area contributed by atoms with Crippen molar-refractivity contribution in [1.82, 2.24) is 5.32 Å². The molecule has 0 saturated heterocycles. The van der Waals surface area contributed by atoms with Gasteiger partial charge >= 0.3 is 0 Å². The Bertz CT molecular complexity index is 924. The van der Waals surface area contributed by atoms with Crippen LogP contribution in [0.4, 0.5) is 5.69 Å². The van der Waals surface area contributed by atoms with Crippen molar-refractivity contribution in [1.29, 1.82) is 0 Å². The SMILES string of the molecule is CCCCNC(=O)c1ccc2c(c1)N(C)C(=O)C(=Cc1ccccc1OC)S2. The second kappa shape index (κ2) is 8.97. The molecule has 0 atom stereocenters. The molecule has 0 spiro atoms. The Labute approximate surface area is 169 Å². The number of anilines is 1. The van der Waals surface area contributed by atoms with Crippen molar-refractivity contribution < 1.29 is 14.3 Å². The maximum absolute atomic E-state index is 12.9. The number of amides is 2. The van der Waals surface area contributed by atoms with E-state index in [2.05, 4.69) is 12.2 Å². The van der Waals surface area contributed by atoms with Crippen molar-refractivity contribution in [2.75, 3.05) is 25.6 Å². The topological polar surface area (TPSA) is 58.6 Å². The number of methoxy groups -OCH3 is 1. The molecule has 0 radical (unpaired) electrons. The highest BCUT2D eigenvalue weighted by molar-refractivity contribution is 8.04. The molecule has 6 heteroatoms. The quantitative estimate of drug-likeness (QED) is 0.583. The predicted octanol–water partition coefficient (Wildman–Crippen LogP) is 4.33. The monoisotopic (exact) mass is 396 g/mol. The molecule has 1 aliphatic rings. The number of hydrogen-bond donors (Lipinski definition) is 1. The molecule has 2 aromatic carbocycles. The van der Waals surface area contributed by atoms with Crippen LogP contribution in [0.3, 0.4) is 0 Å². The number of carbonyl (C=O) groups is 2. The normalized spacial score (nSPS) is 14.8. The lowest BCUT2D eigenvalue weighted by molar-refractivity contribution is -0.114. The van der Waals surface area contributed by atoms with Gasteiger partial charge in [0.05, 0.1) is 17.7 Å². The fraction of sp³-hybridized carbons (Fsp3) is 0.273. The van der Waals surface area contributed by atoms with Crippen molar-refractivity contribution in [2.24, 2.45) is 0 Å². The van der Waals surface area contributed by atoms with Gasteiger partial charge < -0.3 is 15.0 Å². The van der Waals surface area contributed by atoms with E-state index in [-0.39, 0.29) is 11.8 Å². The van der Waals surface area contributed by atoms with Crippen LogP contribution in [0.25, 0.3) is 6.08 Å². The number of benzene rings is 2. The number of carbonyl (C=O) groups excluding carboxylic acids is 2. The first kappa shape index (κ1) is 20.0. The number of thioether (sulfide) groups is 1. The van der Waals surface area contributed by atoms with Crippen LogP contribution in [-0.4, -0.2) is 32.5 Å². The Balaban J connectivity index is 1.88. The lowest BCUT2D eigenvalue weighted by atomic mass is 10.1. The van der Waals surface area contributed by atoms with Crippen molar-refractivity contribution in [3.05, 3.63) is 58.5 Å². The number of likely N-dealkylation sites (N-methyl/N-ethyl adjacent to an activating group) is 1. The molecule has 146 valence electrons. The van der Waals surface area contributed by atoms with E-state index in [0.717, 1.165) is 34.7 Å². The standard InChI is InChI=1S/C22H24N2O3S/c1-4-5-12-23-21(25)16-10-11-19-17(13-16)24(2)22(26)20(28-19)14-15-8-6-7-9-18(15)27-3/h6-11,13-14H,4-5,12H2,1-3H3,(H,23,25). The van der Waals surface area contributed by atoms with Gasteiger partial charge in [-0.2, -0.15) is 0 Å². The summed E-state index contributed by atoms with van der Waals surface area (Å²) in [4.78, 5) is 28.3. The molecule has 1 heterocycles. The average molecular weight is 397 g/mol. The van der Waals surface area contributed by atoms with Gasteiger partial charge in [-0.15, -0.1) is 0 Å². The minimum atomic E-state index is -0.113. The molecule has 0 bridgehead atoms. The van der Waals surface area contributed by atoms with Gasteiger partial charge in [0.1, 0.15) is 5.75 Å². The van der Waals surface area contributed by atoms with Crippen molar-refractivity contribution in [3.63, 3.8) is 0 Å². The summed E-state index contributed by atoms with van der Waals surface area (Å²) in [6, 6.07) is 13.1. The lowest BCUT2D eigenvalue weighted by Gasteiger charge is -2.27. The average Bonchev–Trinajstić information content (AvgIpc) is 2.72. The Morgan fingerprint density at radius 3 is 2.79 bits per heavy atom. The summed E-state index contributed by atoms with van der Waals surface area (Å²) in [6.45, 7) is 2.74. The highest BCUT2D eigenvalue weighted by Crippen LogP contribution is 2.42. The number of para-hydroxylation sites is 1. The molecular formula is C22H24N2O3S. The molecule has 2 aromatic rings. The van der Waals surface area contributed by atoms with Gasteiger partial charge in [0.2, 0.25) is 0 Å². The fourth-order valence-corrected chi connectivity index (χ4v) is 4.03. The van der Waals surface area contributed by atoms with E-state index < -0.39 is 0 Å². The molecule has 0 fully saturated rings. The number of nitrogens with zero attached hydrogens (tertiary/aromatic N) is 1. The first-order valence-electron chi connectivity index (χ1n) is 9.28. The molecule has 2 amide bonds. The first-order valence-corrected chi connectivity index (χ1v) is 10.1. The van der Waals surface area contributed by atoms with Crippen LogP contribution in [0.15, 0.2) is 52.3 Å². The fourth-order valence-electron chi connectivity index (χ4n) is 2.94. The molecular weight excluding hydrogens is 372 g/mol. The van der Waals surface area contributed by atoms with Crippen molar-refractivity contribution in [2.45, 2.75) is 24.7 Å². The van der Waals surface area contributed by atoms with E-state index in [1.165, 1.54) is 11.8 Å². The van der Waals surface area contributed by atoms with Gasteiger partial charge in [-0.05, 0) is 36.8 Å². The predicted molar refractivity (Wildman–Crippen MR) is 114 cm³/mol. The van der Waals surface area contributed by atoms with Gasteiger partial charge in [-0.3, -0.25) is 9.59 Å². The molecule has 0 aliphatic carbocycles. The van der Waals surface area contributed by atoms with Crippen molar-refractivity contribution in [3.8, 4) is 5.75 Å². The second-order valence-electron chi connectivity index (χ2n) is 6.51. The van der Waals surface area contributed by atoms with Gasteiger partial charge in [-0.1, -0.05) is 43.3 Å². The molecule has 0 unspecified atom stereocenters. The maximum atomic E-state index is 12.9. The van der Waals surface area contributed by atoms with Crippen LogP contribution in [0.1, 0.15) is 35.7 Å². The summed E-state index contributed by atoms with van der Waals surface area (Å²) in [5.41, 5.74) is 2.16. The van der Waals surface area contributed by atoms with Gasteiger partial charge in [0, 0.05) is 29.6 Å². The summed E-state index contributed by atoms with van der Waals surface area (Å²) in [5, 5.41) is 2.91. The minimum Gasteiger partial charge on any atom is -0.496 e. The molecule has 1 N–H and O–H groups in total. The largest absolute Gasteiger partial charge is 0.496 e. The number of fused-ring (bicyclic) bond motifs is 1. The zero-order valence-electron chi connectivity index (χ0n) is 16.3. The third kappa shape index (κ3) is 4.22. The number of rotatable bonds is 6. The van der Waals surface area contributed by atoms with Crippen LogP contribution < -0.4 is 15.0 Å². The van der Waals surface area contributed by atoms with Gasteiger partial charge in [-0.25, -0.2) is 0 Å². The Morgan fingerprint density at radius 2 is 2.04 bits per heavy atom. The zero-order chi connectivity index (χ0) is 20.1. The van der Waals surface area contributed by atoms with E-state index in [1.54, 1.807) is 31.2 Å². The summed E-state index contributed by atoms with van der Waals surface area (Å²) in [7, 11) is 3.34. The van der Waals surface area contributed by atoms with Crippen molar-refractivity contribution >= 4 is 35.3 Å². The van der Waals surface area contributed by atoms with E-state index in [0.29, 0.717) is 17.0 Å². The van der Waals surface area contributed by atoms with Gasteiger partial charge in [0.15, 0.2) is 0 Å². The molecule has 3 rings (SSSR count). The molecule has 28 heavy (non-hydrogen) atoms. The molecule has 0 saturated carbocycles. The second-order valence-corrected chi connectivity index (χ2v) is 7.59. The molecule has 1 aliphatic heterocycles. The zero-order valence-corrected chi connectivity index (χ0v) is 17.1. The van der Waals surface area contributed by atoms with Gasteiger partial charge in [0.25, 0.3) is 11.8 Å². The Hall–Kier alpha value is -2.73. The summed E-state index contributed by atoms with van der Waals surface area (Å²) >= 11 is 1.41. The third-order valence-electron chi connectivity index (χ3n) is 4.56. The number of unbranched alkanes of at least 4 members (excludes halogenated alkanes) is 1. The van der Waals surface area contributed by atoms with E-state index in [4.69, 9.17) is 4.74 Å². The van der Waals surface area contributed by atoms with Crippen LogP contribution in [0, 0.1) is 0 Å². The summed E-state index contributed by atoms with van der Waals surface area (Å²) < 4.78 is 5.38. The minimum absolute atomic E-state index is 0.105. The van der Waals surface area contributed by atoms with Crippen LogP contribution in [0.2, 0.25) is 0 Å². The number of nitrogens with one attached hydrogen (secondary N) is 1. The number of hydrogen-bond acceptors (Lipinski definition) is 4. The third-order valence-corrected chi connectivity index (χ3v) is 5.64. The smallest absolute Gasteiger partial charge is 0.264 e. The Morgan fingerprint density at radius 1 is 1.25 bits per heavy atom. The molecule has 5 nitrogen and oxygen atoms in total. The first-order chi connectivity index (χ1) is 13.5.